The summed E-state index contributed by atoms with van der Waals surface area (Å²) in [6.45, 7) is 0.285. The lowest BCUT2D eigenvalue weighted by molar-refractivity contribution is 0.246. The van der Waals surface area contributed by atoms with Gasteiger partial charge in [0.2, 0.25) is 0 Å². The molecule has 0 unspecified atom stereocenters. The van der Waals surface area contributed by atoms with Gasteiger partial charge in [-0.2, -0.15) is 10.1 Å². The second-order valence-electron chi connectivity index (χ2n) is 5.08. The van der Waals surface area contributed by atoms with Crippen LogP contribution in [0, 0.1) is 5.82 Å². The molecule has 1 aliphatic rings. The Morgan fingerprint density at radius 1 is 1.21 bits per heavy atom. The molecular weight excluding hydrogens is 376 g/mol. The van der Waals surface area contributed by atoms with Gasteiger partial charge in [0.25, 0.3) is 0 Å². The molecule has 2 aromatic rings. The van der Waals surface area contributed by atoms with Crippen molar-refractivity contribution in [1.82, 2.24) is 5.32 Å². The van der Waals surface area contributed by atoms with Crippen LogP contribution in [-0.4, -0.2) is 18.8 Å². The third-order valence-corrected chi connectivity index (χ3v) is 4.47. The van der Waals surface area contributed by atoms with E-state index in [9.17, 15) is 9.18 Å². The maximum Gasteiger partial charge on any atom is 0.343 e. The van der Waals surface area contributed by atoms with Gasteiger partial charge in [-0.3, -0.25) is 0 Å². The second-order valence-corrected chi connectivity index (χ2v) is 6.30. The second kappa shape index (κ2) is 6.97. The minimum absolute atomic E-state index is 0.0988. The molecule has 0 aromatic heterocycles. The SMILES string of the molecule is O=C1NCC=NN1c1cc(Cl)c(Cc2ccc(Cl)cc2)c(Cl)c1F. The maximum atomic E-state index is 14.7. The smallest absolute Gasteiger partial charge is 0.331 e. The maximum absolute atomic E-state index is 14.7. The van der Waals surface area contributed by atoms with Crippen molar-refractivity contribution in [2.24, 2.45) is 5.10 Å². The van der Waals surface area contributed by atoms with Gasteiger partial charge < -0.3 is 5.32 Å². The molecule has 0 aliphatic carbocycles. The fourth-order valence-electron chi connectivity index (χ4n) is 2.30. The minimum Gasteiger partial charge on any atom is -0.331 e. The number of hydrogen-bond acceptors (Lipinski definition) is 2. The quantitative estimate of drug-likeness (QED) is 0.750. The Morgan fingerprint density at radius 2 is 1.92 bits per heavy atom. The Hall–Kier alpha value is -1.82. The number of urea groups is 1. The van der Waals surface area contributed by atoms with Gasteiger partial charge in [0.05, 0.1) is 11.6 Å². The molecule has 4 nitrogen and oxygen atoms in total. The number of anilines is 1. The number of nitrogens with one attached hydrogen (secondary N) is 1. The molecule has 1 aliphatic heterocycles. The zero-order valence-electron chi connectivity index (χ0n) is 12.2. The van der Waals surface area contributed by atoms with E-state index in [1.165, 1.54) is 12.3 Å². The number of hydrogen-bond donors (Lipinski definition) is 1. The molecule has 8 heteroatoms. The third-order valence-electron chi connectivity index (χ3n) is 3.49. The fourth-order valence-corrected chi connectivity index (χ4v) is 3.00. The van der Waals surface area contributed by atoms with Crippen molar-refractivity contribution in [2.75, 3.05) is 11.6 Å². The molecule has 3 rings (SSSR count). The number of hydrazone groups is 1. The molecule has 24 heavy (non-hydrogen) atoms. The van der Waals surface area contributed by atoms with E-state index < -0.39 is 11.8 Å². The summed E-state index contributed by atoms with van der Waals surface area (Å²) in [4.78, 5) is 11.8. The summed E-state index contributed by atoms with van der Waals surface area (Å²) in [5, 5.41) is 8.01. The first-order chi connectivity index (χ1) is 11.5. The summed E-state index contributed by atoms with van der Waals surface area (Å²) < 4.78 is 14.7. The Morgan fingerprint density at radius 3 is 2.58 bits per heavy atom. The summed E-state index contributed by atoms with van der Waals surface area (Å²) in [5.41, 5.74) is 1.21. The zero-order valence-corrected chi connectivity index (χ0v) is 14.5. The van der Waals surface area contributed by atoms with Crippen LogP contribution < -0.4 is 10.3 Å². The average molecular weight is 387 g/mol. The molecule has 0 bridgehead atoms. The molecule has 1 N–H and O–H groups in total. The lowest BCUT2D eigenvalue weighted by Gasteiger charge is -2.22. The lowest BCUT2D eigenvalue weighted by atomic mass is 10.0. The molecule has 124 valence electrons. The first kappa shape index (κ1) is 17.0. The monoisotopic (exact) mass is 385 g/mol. The first-order valence-corrected chi connectivity index (χ1v) is 8.12. The molecule has 0 atom stereocenters. The number of rotatable bonds is 3. The Bertz CT molecular complexity index is 824. The molecule has 0 saturated heterocycles. The zero-order chi connectivity index (χ0) is 17.3. The normalized spacial score (nSPS) is 14.0. The highest BCUT2D eigenvalue weighted by molar-refractivity contribution is 6.36. The number of nitrogens with zero attached hydrogens (tertiary/aromatic N) is 2. The molecule has 2 aromatic carbocycles. The molecular formula is C16H11Cl3FN3O. The highest BCUT2D eigenvalue weighted by Gasteiger charge is 2.25. The van der Waals surface area contributed by atoms with Crippen LogP contribution >= 0.6 is 34.8 Å². The van der Waals surface area contributed by atoms with Crippen LogP contribution in [0.15, 0.2) is 35.4 Å². The Balaban J connectivity index is 1.99. The molecule has 2 amide bonds. The highest BCUT2D eigenvalue weighted by atomic mass is 35.5. The van der Waals surface area contributed by atoms with Gasteiger partial charge in [-0.05, 0) is 29.3 Å². The van der Waals surface area contributed by atoms with Crippen molar-refractivity contribution in [1.29, 1.82) is 0 Å². The number of carbonyl (C=O) groups excluding carboxylic acids is 1. The molecule has 0 spiro atoms. The topological polar surface area (TPSA) is 44.7 Å². The van der Waals surface area contributed by atoms with Gasteiger partial charge in [-0.25, -0.2) is 9.18 Å². The summed E-state index contributed by atoms with van der Waals surface area (Å²) in [6.07, 6.45) is 1.78. The van der Waals surface area contributed by atoms with E-state index in [0.717, 1.165) is 10.6 Å². The summed E-state index contributed by atoms with van der Waals surface area (Å²) in [6, 6.07) is 7.88. The van der Waals surface area contributed by atoms with E-state index in [2.05, 4.69) is 10.4 Å². The summed E-state index contributed by atoms with van der Waals surface area (Å²) in [7, 11) is 0. The van der Waals surface area contributed by atoms with Crippen molar-refractivity contribution in [3.05, 3.63) is 62.3 Å². The van der Waals surface area contributed by atoms with E-state index in [4.69, 9.17) is 34.8 Å². The van der Waals surface area contributed by atoms with Crippen LogP contribution in [0.2, 0.25) is 15.1 Å². The number of benzene rings is 2. The van der Waals surface area contributed by atoms with E-state index in [0.29, 0.717) is 17.0 Å². The van der Waals surface area contributed by atoms with Crippen LogP contribution in [-0.2, 0) is 6.42 Å². The molecule has 0 fully saturated rings. The first-order valence-electron chi connectivity index (χ1n) is 6.98. The average Bonchev–Trinajstić information content (AvgIpc) is 2.57. The number of amides is 2. The Labute approximate surface area is 152 Å². The number of carbonyl (C=O) groups is 1. The van der Waals surface area contributed by atoms with Crippen LogP contribution in [0.1, 0.15) is 11.1 Å². The largest absolute Gasteiger partial charge is 0.343 e. The van der Waals surface area contributed by atoms with Crippen molar-refractivity contribution in [3.63, 3.8) is 0 Å². The predicted molar refractivity (Wildman–Crippen MR) is 95.0 cm³/mol. The molecule has 0 saturated carbocycles. The van der Waals surface area contributed by atoms with Gasteiger partial charge in [-0.15, -0.1) is 0 Å². The van der Waals surface area contributed by atoms with Gasteiger partial charge in [-0.1, -0.05) is 46.9 Å². The van der Waals surface area contributed by atoms with Gasteiger partial charge in [0.1, 0.15) is 5.69 Å². The Kier molecular flexibility index (Phi) is 4.94. The minimum atomic E-state index is -0.751. The van der Waals surface area contributed by atoms with Gasteiger partial charge >= 0.3 is 6.03 Å². The van der Waals surface area contributed by atoms with Crippen LogP contribution in [0.4, 0.5) is 14.9 Å². The van der Waals surface area contributed by atoms with Crippen molar-refractivity contribution in [3.8, 4) is 0 Å². The molecule has 0 radical (unpaired) electrons. The van der Waals surface area contributed by atoms with E-state index in [1.807, 2.05) is 12.1 Å². The standard InChI is InChI=1S/C16H11Cl3FN3O/c17-10-3-1-9(2-4-10)7-11-12(18)8-13(15(20)14(11)19)23-16(24)21-5-6-22-23/h1-4,6,8H,5,7H2,(H,21,24). The van der Waals surface area contributed by atoms with E-state index in [1.54, 1.807) is 12.1 Å². The van der Waals surface area contributed by atoms with Crippen LogP contribution in [0.5, 0.6) is 0 Å². The molecule has 1 heterocycles. The fraction of sp³-hybridized carbons (Fsp3) is 0.125. The van der Waals surface area contributed by atoms with Gasteiger partial charge in [0.15, 0.2) is 5.82 Å². The van der Waals surface area contributed by atoms with Crippen LogP contribution in [0.3, 0.4) is 0 Å². The lowest BCUT2D eigenvalue weighted by Crippen LogP contribution is -2.42. The van der Waals surface area contributed by atoms with E-state index in [-0.39, 0.29) is 22.3 Å². The van der Waals surface area contributed by atoms with E-state index >= 15 is 0 Å². The summed E-state index contributed by atoms with van der Waals surface area (Å²) >= 11 is 18.3. The van der Waals surface area contributed by atoms with Crippen molar-refractivity contribution in [2.45, 2.75) is 6.42 Å². The predicted octanol–water partition coefficient (Wildman–Crippen LogP) is 4.89. The highest BCUT2D eigenvalue weighted by Crippen LogP contribution is 2.36. The van der Waals surface area contributed by atoms with Crippen molar-refractivity contribution >= 4 is 52.7 Å². The van der Waals surface area contributed by atoms with Gasteiger partial charge in [0, 0.05) is 22.7 Å². The summed E-state index contributed by atoms with van der Waals surface area (Å²) in [5.74, 6) is -0.751. The van der Waals surface area contributed by atoms with Crippen molar-refractivity contribution < 1.29 is 9.18 Å². The van der Waals surface area contributed by atoms with Crippen LogP contribution in [0.25, 0.3) is 0 Å². The third kappa shape index (κ3) is 3.34. The number of halogens is 4.